The molecule has 2 heterocycles. The van der Waals surface area contributed by atoms with Crippen molar-refractivity contribution in [3.05, 3.63) is 83.9 Å². The molecule has 2 aliphatic rings. The highest BCUT2D eigenvalue weighted by atomic mass is 16.6. The van der Waals surface area contributed by atoms with E-state index in [1.165, 1.54) is 0 Å². The van der Waals surface area contributed by atoms with E-state index in [-0.39, 0.29) is 18.0 Å². The normalized spacial score (nSPS) is 16.2. The number of benzene rings is 3. The molecule has 1 saturated heterocycles. The lowest BCUT2D eigenvalue weighted by Crippen LogP contribution is -2.50. The molecule has 0 spiro atoms. The van der Waals surface area contributed by atoms with Crippen LogP contribution in [0.2, 0.25) is 0 Å². The van der Waals surface area contributed by atoms with Crippen LogP contribution in [0.15, 0.2) is 72.8 Å². The zero-order valence-corrected chi connectivity index (χ0v) is 21.5. The van der Waals surface area contributed by atoms with Crippen molar-refractivity contribution in [2.75, 3.05) is 41.3 Å². The number of cyclic esters (lactones) is 1. The third kappa shape index (κ3) is 5.62. The first kappa shape index (κ1) is 24.8. The number of nitrogens with one attached hydrogen (secondary N) is 1. The van der Waals surface area contributed by atoms with Crippen LogP contribution in [0, 0.1) is 6.92 Å². The topological polar surface area (TPSA) is 65.1 Å². The predicted molar refractivity (Wildman–Crippen MR) is 147 cm³/mol. The van der Waals surface area contributed by atoms with Gasteiger partial charge in [-0.25, -0.2) is 4.79 Å². The van der Waals surface area contributed by atoms with Crippen molar-refractivity contribution < 1.29 is 14.3 Å². The van der Waals surface area contributed by atoms with Gasteiger partial charge in [-0.05, 0) is 74.7 Å². The summed E-state index contributed by atoms with van der Waals surface area (Å²) < 4.78 is 5.43. The third-order valence-corrected chi connectivity index (χ3v) is 7.18. The fraction of sp³-hybridized carbons (Fsp3) is 0.333. The number of carbonyl (C=O) groups excluding carboxylic acids is 2. The Bertz CT molecular complexity index is 1240. The number of hydrogen-bond donors (Lipinski definition) is 1. The summed E-state index contributed by atoms with van der Waals surface area (Å²) in [6.45, 7) is 7.19. The minimum Gasteiger partial charge on any atom is -0.444 e. The molecule has 0 saturated carbocycles. The molecule has 0 aromatic heterocycles. The Morgan fingerprint density at radius 3 is 2.41 bits per heavy atom. The molecular weight excluding hydrogens is 464 g/mol. The van der Waals surface area contributed by atoms with Crippen LogP contribution in [0.5, 0.6) is 0 Å². The van der Waals surface area contributed by atoms with Crippen LogP contribution in [0.1, 0.15) is 30.9 Å². The van der Waals surface area contributed by atoms with Crippen molar-refractivity contribution in [1.82, 2.24) is 4.90 Å². The van der Waals surface area contributed by atoms with E-state index in [0.717, 1.165) is 66.4 Å². The Morgan fingerprint density at radius 2 is 1.70 bits per heavy atom. The summed E-state index contributed by atoms with van der Waals surface area (Å²) in [6, 6.07) is 24.5. The fourth-order valence-electron chi connectivity index (χ4n) is 5.26. The number of carbonyl (C=O) groups is 2. The smallest absolute Gasteiger partial charge is 0.414 e. The van der Waals surface area contributed by atoms with Gasteiger partial charge in [0.05, 0.1) is 12.2 Å². The summed E-state index contributed by atoms with van der Waals surface area (Å²) in [5.74, 6) is -0.0278. The van der Waals surface area contributed by atoms with Crippen LogP contribution < -0.4 is 15.1 Å². The number of piperidine rings is 1. The molecule has 2 amide bonds. The van der Waals surface area contributed by atoms with Gasteiger partial charge < -0.3 is 15.0 Å². The van der Waals surface area contributed by atoms with E-state index in [1.807, 2.05) is 66.4 Å². The summed E-state index contributed by atoms with van der Waals surface area (Å²) in [4.78, 5) is 31.6. The van der Waals surface area contributed by atoms with Crippen LogP contribution in [0.4, 0.5) is 27.5 Å². The number of fused-ring (bicyclic) bond motifs is 1. The summed E-state index contributed by atoms with van der Waals surface area (Å²) >= 11 is 0. The van der Waals surface area contributed by atoms with E-state index in [9.17, 15) is 9.59 Å². The maximum atomic E-state index is 12.8. The molecule has 1 fully saturated rings. The molecule has 2 aliphatic heterocycles. The number of aryl methyl sites for hydroxylation is 1. The van der Waals surface area contributed by atoms with Gasteiger partial charge in [-0.1, -0.05) is 30.3 Å². The zero-order valence-electron chi connectivity index (χ0n) is 21.5. The van der Waals surface area contributed by atoms with Gasteiger partial charge >= 0.3 is 6.09 Å². The van der Waals surface area contributed by atoms with E-state index in [2.05, 4.69) is 40.2 Å². The molecule has 0 atom stereocenters. The molecule has 0 unspecified atom stereocenters. The molecule has 0 radical (unpaired) electrons. The molecule has 1 N–H and O–H groups in total. The molecule has 0 aliphatic carbocycles. The van der Waals surface area contributed by atoms with Crippen LogP contribution in [-0.2, 0) is 16.1 Å². The van der Waals surface area contributed by atoms with E-state index < -0.39 is 0 Å². The first-order valence-electron chi connectivity index (χ1n) is 13.0. The average Bonchev–Trinajstić information content (AvgIpc) is 2.91. The van der Waals surface area contributed by atoms with E-state index >= 15 is 0 Å². The SMILES string of the molecule is CCN(c1ccccc1)c1ccc(NC(=O)CN2CCC(N3C(=O)OCc4ccc(C)cc43)CC2)cc1. The summed E-state index contributed by atoms with van der Waals surface area (Å²) in [7, 11) is 0. The number of para-hydroxylation sites is 1. The number of anilines is 4. The monoisotopic (exact) mass is 498 g/mol. The fourth-order valence-corrected chi connectivity index (χ4v) is 5.26. The molecule has 3 aromatic rings. The lowest BCUT2D eigenvalue weighted by Gasteiger charge is -2.40. The van der Waals surface area contributed by atoms with Crippen LogP contribution in [-0.4, -0.2) is 49.1 Å². The average molecular weight is 499 g/mol. The molecule has 192 valence electrons. The van der Waals surface area contributed by atoms with Gasteiger partial charge in [0.1, 0.15) is 6.61 Å². The summed E-state index contributed by atoms with van der Waals surface area (Å²) in [5, 5.41) is 3.03. The highest BCUT2D eigenvalue weighted by molar-refractivity contribution is 5.93. The van der Waals surface area contributed by atoms with E-state index in [0.29, 0.717) is 13.2 Å². The lowest BCUT2D eigenvalue weighted by molar-refractivity contribution is -0.117. The van der Waals surface area contributed by atoms with Gasteiger partial charge in [-0.15, -0.1) is 0 Å². The maximum Gasteiger partial charge on any atom is 0.414 e. The lowest BCUT2D eigenvalue weighted by atomic mass is 10.00. The highest BCUT2D eigenvalue weighted by Gasteiger charge is 2.34. The highest BCUT2D eigenvalue weighted by Crippen LogP contribution is 2.33. The molecule has 7 heteroatoms. The van der Waals surface area contributed by atoms with Gasteiger partial charge in [-0.2, -0.15) is 0 Å². The second-order valence-corrected chi connectivity index (χ2v) is 9.74. The van der Waals surface area contributed by atoms with E-state index in [4.69, 9.17) is 4.74 Å². The molecular formula is C30H34N4O3. The largest absolute Gasteiger partial charge is 0.444 e. The second kappa shape index (κ2) is 11.0. The molecule has 3 aromatic carbocycles. The minimum absolute atomic E-state index is 0.0278. The third-order valence-electron chi connectivity index (χ3n) is 7.18. The van der Waals surface area contributed by atoms with Gasteiger partial charge in [0.2, 0.25) is 5.91 Å². The van der Waals surface area contributed by atoms with E-state index in [1.54, 1.807) is 0 Å². The van der Waals surface area contributed by atoms with Crippen LogP contribution in [0.25, 0.3) is 0 Å². The van der Waals surface area contributed by atoms with Crippen molar-refractivity contribution in [3.8, 4) is 0 Å². The Balaban J connectivity index is 1.15. The number of ether oxygens (including phenoxy) is 1. The number of hydrogen-bond acceptors (Lipinski definition) is 5. The number of likely N-dealkylation sites (tertiary alicyclic amines) is 1. The van der Waals surface area contributed by atoms with Crippen molar-refractivity contribution in [2.45, 2.75) is 39.3 Å². The molecule has 0 bridgehead atoms. The number of nitrogens with zero attached hydrogens (tertiary/aromatic N) is 3. The summed E-state index contributed by atoms with van der Waals surface area (Å²) in [6.07, 6.45) is 1.33. The van der Waals surface area contributed by atoms with Crippen molar-refractivity contribution in [3.63, 3.8) is 0 Å². The second-order valence-electron chi connectivity index (χ2n) is 9.74. The van der Waals surface area contributed by atoms with Crippen molar-refractivity contribution >= 4 is 34.7 Å². The standard InChI is InChI=1S/C30H34N4O3/c1-3-33(25-7-5-4-6-8-25)26-13-11-24(12-14-26)31-29(35)20-32-17-15-27(16-18-32)34-28-19-22(2)9-10-23(28)21-37-30(34)36/h4-14,19,27H,3,15-18,20-21H2,1-2H3,(H,31,35). The maximum absolute atomic E-state index is 12.8. The van der Waals surface area contributed by atoms with Crippen LogP contribution in [0.3, 0.4) is 0 Å². The van der Waals surface area contributed by atoms with Crippen LogP contribution >= 0.6 is 0 Å². The Morgan fingerprint density at radius 1 is 1.00 bits per heavy atom. The molecule has 7 nitrogen and oxygen atoms in total. The minimum atomic E-state index is -0.272. The van der Waals surface area contributed by atoms with Crippen molar-refractivity contribution in [1.29, 1.82) is 0 Å². The number of amides is 2. The van der Waals surface area contributed by atoms with Gasteiger partial charge in [0.25, 0.3) is 0 Å². The first-order chi connectivity index (χ1) is 18.0. The molecule has 5 rings (SSSR count). The quantitative estimate of drug-likeness (QED) is 0.452. The Labute approximate surface area is 218 Å². The Kier molecular flexibility index (Phi) is 7.42. The molecule has 37 heavy (non-hydrogen) atoms. The predicted octanol–water partition coefficient (Wildman–Crippen LogP) is 5.71. The first-order valence-corrected chi connectivity index (χ1v) is 13.0. The number of rotatable bonds is 7. The van der Waals surface area contributed by atoms with Crippen molar-refractivity contribution in [2.24, 2.45) is 0 Å². The zero-order chi connectivity index (χ0) is 25.8. The van der Waals surface area contributed by atoms with Gasteiger partial charge in [0, 0.05) is 48.3 Å². The van der Waals surface area contributed by atoms with Gasteiger partial charge in [-0.3, -0.25) is 14.6 Å². The summed E-state index contributed by atoms with van der Waals surface area (Å²) in [5.41, 5.74) is 6.15. The Hall–Kier alpha value is -3.84. The van der Waals surface area contributed by atoms with Gasteiger partial charge in [0.15, 0.2) is 0 Å².